The molecule has 1 aliphatic rings. The normalized spacial score (nSPS) is 18.9. The molecular formula is C14H20N2O2. The Bertz CT molecular complexity index is 397. The fraction of sp³-hybridized carbons (Fsp3) is 0.500. The van der Waals surface area contributed by atoms with Crippen molar-refractivity contribution in [1.82, 2.24) is 4.90 Å². The van der Waals surface area contributed by atoms with Crippen molar-refractivity contribution in [2.45, 2.75) is 18.9 Å². The van der Waals surface area contributed by atoms with Crippen molar-refractivity contribution in [2.24, 2.45) is 5.73 Å². The third-order valence-corrected chi connectivity index (χ3v) is 3.41. The summed E-state index contributed by atoms with van der Waals surface area (Å²) in [4.78, 5) is 14.0. The van der Waals surface area contributed by atoms with Crippen molar-refractivity contribution in [1.29, 1.82) is 0 Å². The van der Waals surface area contributed by atoms with Crippen molar-refractivity contribution in [3.8, 4) is 0 Å². The van der Waals surface area contributed by atoms with Crippen LogP contribution in [0, 0.1) is 0 Å². The van der Waals surface area contributed by atoms with E-state index in [1.807, 2.05) is 31.3 Å². The van der Waals surface area contributed by atoms with E-state index in [0.29, 0.717) is 13.2 Å². The molecule has 1 saturated heterocycles. The number of benzene rings is 1. The van der Waals surface area contributed by atoms with Gasteiger partial charge in [-0.3, -0.25) is 4.79 Å². The summed E-state index contributed by atoms with van der Waals surface area (Å²) in [6, 6.07) is 7.90. The molecule has 1 atom stereocenters. The highest BCUT2D eigenvalue weighted by atomic mass is 16.5. The lowest BCUT2D eigenvalue weighted by atomic mass is 10.1. The molecule has 1 aliphatic heterocycles. The largest absolute Gasteiger partial charge is 0.379 e. The zero-order valence-electron chi connectivity index (χ0n) is 10.8. The summed E-state index contributed by atoms with van der Waals surface area (Å²) in [5.74, 6) is 0.0600. The summed E-state index contributed by atoms with van der Waals surface area (Å²) in [6.45, 7) is 2.03. The molecule has 0 bridgehead atoms. The number of carbonyl (C=O) groups excluding carboxylic acids is 1. The summed E-state index contributed by atoms with van der Waals surface area (Å²) in [6.07, 6.45) is 1.77. The van der Waals surface area contributed by atoms with Crippen LogP contribution in [-0.2, 0) is 11.2 Å². The van der Waals surface area contributed by atoms with Crippen LogP contribution in [0.1, 0.15) is 22.3 Å². The molecule has 1 heterocycles. The van der Waals surface area contributed by atoms with Gasteiger partial charge in [-0.25, -0.2) is 0 Å². The lowest BCUT2D eigenvalue weighted by Gasteiger charge is -2.23. The van der Waals surface area contributed by atoms with E-state index in [9.17, 15) is 4.79 Å². The maximum atomic E-state index is 12.2. The summed E-state index contributed by atoms with van der Waals surface area (Å²) < 4.78 is 5.31. The molecule has 4 heteroatoms. The van der Waals surface area contributed by atoms with E-state index >= 15 is 0 Å². The number of nitrogens with zero attached hydrogens (tertiary/aromatic N) is 1. The van der Waals surface area contributed by atoms with Crippen molar-refractivity contribution in [3.63, 3.8) is 0 Å². The van der Waals surface area contributed by atoms with Crippen molar-refractivity contribution in [3.05, 3.63) is 35.4 Å². The van der Waals surface area contributed by atoms with Crippen LogP contribution >= 0.6 is 0 Å². The van der Waals surface area contributed by atoms with E-state index in [2.05, 4.69) is 0 Å². The van der Waals surface area contributed by atoms with E-state index in [1.165, 1.54) is 5.56 Å². The van der Waals surface area contributed by atoms with Crippen LogP contribution in [0.2, 0.25) is 0 Å². The maximum absolute atomic E-state index is 12.2. The second-order valence-corrected chi connectivity index (χ2v) is 4.67. The van der Waals surface area contributed by atoms with Crippen LogP contribution in [0.15, 0.2) is 24.3 Å². The fourth-order valence-corrected chi connectivity index (χ4v) is 2.18. The Morgan fingerprint density at radius 2 is 2.17 bits per heavy atom. The van der Waals surface area contributed by atoms with E-state index in [1.54, 1.807) is 4.90 Å². The Labute approximate surface area is 108 Å². The first-order valence-corrected chi connectivity index (χ1v) is 6.36. The molecule has 0 spiro atoms. The number of ether oxygens (including phenoxy) is 1. The smallest absolute Gasteiger partial charge is 0.253 e. The Balaban J connectivity index is 2.03. The van der Waals surface area contributed by atoms with Crippen molar-refractivity contribution >= 4 is 5.91 Å². The molecule has 18 heavy (non-hydrogen) atoms. The van der Waals surface area contributed by atoms with Crippen LogP contribution in [0.4, 0.5) is 0 Å². The van der Waals surface area contributed by atoms with Gasteiger partial charge in [-0.15, -0.1) is 0 Å². The summed E-state index contributed by atoms with van der Waals surface area (Å²) >= 11 is 0. The zero-order chi connectivity index (χ0) is 13.0. The number of hydrogen-bond acceptors (Lipinski definition) is 3. The Morgan fingerprint density at radius 1 is 1.44 bits per heavy atom. The van der Waals surface area contributed by atoms with E-state index in [4.69, 9.17) is 10.5 Å². The molecule has 0 aliphatic carbocycles. The minimum atomic E-state index is 0.0600. The minimum absolute atomic E-state index is 0.0600. The van der Waals surface area contributed by atoms with Gasteiger partial charge < -0.3 is 15.4 Å². The topological polar surface area (TPSA) is 55.6 Å². The second kappa shape index (κ2) is 5.98. The van der Waals surface area contributed by atoms with Gasteiger partial charge in [0, 0.05) is 19.2 Å². The molecule has 1 unspecified atom stereocenters. The van der Waals surface area contributed by atoms with Gasteiger partial charge in [0.25, 0.3) is 5.91 Å². The van der Waals surface area contributed by atoms with Gasteiger partial charge in [0.05, 0.1) is 12.6 Å². The first-order valence-electron chi connectivity index (χ1n) is 6.36. The van der Waals surface area contributed by atoms with Crippen molar-refractivity contribution < 1.29 is 9.53 Å². The van der Waals surface area contributed by atoms with Crippen LogP contribution in [0.3, 0.4) is 0 Å². The SMILES string of the molecule is CN(C(=O)c1ccc(CCN)cc1)C1CCOC1. The highest BCUT2D eigenvalue weighted by Crippen LogP contribution is 2.14. The predicted octanol–water partition coefficient (Wildman–Crippen LogP) is 1.05. The van der Waals surface area contributed by atoms with Gasteiger partial charge in [0.1, 0.15) is 0 Å². The summed E-state index contributed by atoms with van der Waals surface area (Å²) in [5.41, 5.74) is 7.39. The van der Waals surface area contributed by atoms with Gasteiger partial charge >= 0.3 is 0 Å². The minimum Gasteiger partial charge on any atom is -0.379 e. The Kier molecular flexibility index (Phi) is 4.33. The first kappa shape index (κ1) is 13.1. The molecule has 0 aromatic heterocycles. The molecule has 1 amide bonds. The monoisotopic (exact) mass is 248 g/mol. The fourth-order valence-electron chi connectivity index (χ4n) is 2.18. The Morgan fingerprint density at radius 3 is 2.72 bits per heavy atom. The third kappa shape index (κ3) is 2.89. The number of hydrogen-bond donors (Lipinski definition) is 1. The summed E-state index contributed by atoms with van der Waals surface area (Å²) in [5, 5.41) is 0. The number of likely N-dealkylation sites (N-methyl/N-ethyl adjacent to an activating group) is 1. The molecule has 1 aromatic carbocycles. The van der Waals surface area contributed by atoms with Gasteiger partial charge in [0.15, 0.2) is 0 Å². The van der Waals surface area contributed by atoms with Crippen LogP contribution in [-0.4, -0.2) is 43.7 Å². The van der Waals surface area contributed by atoms with E-state index in [0.717, 1.165) is 25.0 Å². The number of rotatable bonds is 4. The Hall–Kier alpha value is -1.39. The molecule has 0 saturated carbocycles. The summed E-state index contributed by atoms with van der Waals surface area (Å²) in [7, 11) is 1.84. The van der Waals surface area contributed by atoms with E-state index in [-0.39, 0.29) is 11.9 Å². The standard InChI is InChI=1S/C14H20N2O2/c1-16(13-7-9-18-10-13)14(17)12-4-2-11(3-5-12)6-8-15/h2-5,13H,6-10,15H2,1H3. The molecule has 98 valence electrons. The number of amides is 1. The molecule has 4 nitrogen and oxygen atoms in total. The first-order chi connectivity index (χ1) is 8.72. The molecule has 1 fully saturated rings. The number of nitrogens with two attached hydrogens (primary N) is 1. The maximum Gasteiger partial charge on any atom is 0.253 e. The van der Waals surface area contributed by atoms with Gasteiger partial charge in [-0.2, -0.15) is 0 Å². The van der Waals surface area contributed by atoms with Gasteiger partial charge in [0.2, 0.25) is 0 Å². The lowest BCUT2D eigenvalue weighted by molar-refractivity contribution is 0.0711. The highest BCUT2D eigenvalue weighted by molar-refractivity contribution is 5.94. The van der Waals surface area contributed by atoms with Crippen molar-refractivity contribution in [2.75, 3.05) is 26.8 Å². The highest BCUT2D eigenvalue weighted by Gasteiger charge is 2.24. The van der Waals surface area contributed by atoms with Crippen LogP contribution in [0.25, 0.3) is 0 Å². The average Bonchev–Trinajstić information content (AvgIpc) is 2.92. The van der Waals surface area contributed by atoms with Gasteiger partial charge in [-0.05, 0) is 37.1 Å². The lowest BCUT2D eigenvalue weighted by Crippen LogP contribution is -2.37. The zero-order valence-corrected chi connectivity index (χ0v) is 10.8. The molecule has 2 rings (SSSR count). The number of carbonyl (C=O) groups is 1. The van der Waals surface area contributed by atoms with Crippen LogP contribution < -0.4 is 5.73 Å². The van der Waals surface area contributed by atoms with E-state index < -0.39 is 0 Å². The van der Waals surface area contributed by atoms with Crippen LogP contribution in [0.5, 0.6) is 0 Å². The molecule has 2 N–H and O–H groups in total. The molecule has 0 radical (unpaired) electrons. The van der Waals surface area contributed by atoms with Gasteiger partial charge in [-0.1, -0.05) is 12.1 Å². The second-order valence-electron chi connectivity index (χ2n) is 4.67. The third-order valence-electron chi connectivity index (χ3n) is 3.41. The quantitative estimate of drug-likeness (QED) is 0.866. The molecule has 1 aromatic rings. The average molecular weight is 248 g/mol. The molecular weight excluding hydrogens is 228 g/mol. The predicted molar refractivity (Wildman–Crippen MR) is 70.5 cm³/mol.